The monoisotopic (exact) mass is 1060 g/mol. The van der Waals surface area contributed by atoms with Crippen LogP contribution >= 0.6 is 0 Å². The zero-order valence-electron chi connectivity index (χ0n) is 44.5. The number of amides is 2. The van der Waals surface area contributed by atoms with E-state index >= 15 is 0 Å². The van der Waals surface area contributed by atoms with E-state index in [2.05, 4.69) is 51.7 Å². The number of hydrogen-bond donors (Lipinski definition) is 2. The lowest BCUT2D eigenvalue weighted by atomic mass is 9.94. The summed E-state index contributed by atoms with van der Waals surface area (Å²) in [6.45, 7) is 17.1. The summed E-state index contributed by atoms with van der Waals surface area (Å²) >= 11 is 0. The minimum absolute atomic E-state index is 0.0853. The van der Waals surface area contributed by atoms with Gasteiger partial charge in [0.1, 0.15) is 47.7 Å². The number of hydrogen-bond acceptors (Lipinski definition) is 14. The first-order valence-electron chi connectivity index (χ1n) is 24.6. The number of carbonyl (C=O) groups excluding carboxylic acids is 2. The molecule has 0 spiro atoms. The standard InChI is InChI=1S/C40H40N4O14S2.2C7H16/c1-23-31(39(45)43(41-23)25-7-11-29(12-8-25)59(47,48)49)21-33-35(53-3)17-27(18-36(33)54-4)57-15-16-58-28-19-37(55-5)34(38(20-28)56-6)22-32-24(2)42-44(40(32)46)26-9-13-30(14-10-26)60(50,51)52;2*1-4-7(5-2)6-3/h7-14,17-21,32H,15-16,22H2,1-6H3,(H,47,48,49)(H,50,51,52);2*7H,4-6H2,1-3H3. The number of nitrogens with zero attached hydrogens (tertiary/aromatic N) is 4. The highest BCUT2D eigenvalue weighted by Crippen LogP contribution is 2.40. The van der Waals surface area contributed by atoms with Crippen LogP contribution < -0.4 is 38.4 Å². The maximum Gasteiger partial charge on any atom is 0.294 e. The van der Waals surface area contributed by atoms with E-state index < -0.39 is 32.1 Å². The van der Waals surface area contributed by atoms with Gasteiger partial charge >= 0.3 is 0 Å². The molecule has 0 aromatic heterocycles. The van der Waals surface area contributed by atoms with Crippen molar-refractivity contribution in [2.75, 3.05) is 51.7 Å². The smallest absolute Gasteiger partial charge is 0.294 e. The average Bonchev–Trinajstić information content (AvgIpc) is 3.84. The molecule has 1 atom stereocenters. The normalized spacial score (nSPS) is 15.1. The molecule has 18 nitrogen and oxygen atoms in total. The lowest BCUT2D eigenvalue weighted by molar-refractivity contribution is -0.119. The van der Waals surface area contributed by atoms with Crippen LogP contribution in [0.5, 0.6) is 34.5 Å². The van der Waals surface area contributed by atoms with E-state index in [1.54, 1.807) is 44.2 Å². The molecule has 4 aromatic carbocycles. The van der Waals surface area contributed by atoms with Gasteiger partial charge in [0.15, 0.2) is 0 Å². The second-order valence-corrected chi connectivity index (χ2v) is 20.2. The topological polar surface area (TPSA) is 229 Å². The number of carbonyl (C=O) groups is 2. The maximum atomic E-state index is 13.5. The number of anilines is 2. The van der Waals surface area contributed by atoms with E-state index in [1.807, 2.05) is 0 Å². The third kappa shape index (κ3) is 15.5. The number of rotatable bonds is 22. The van der Waals surface area contributed by atoms with E-state index in [-0.39, 0.29) is 40.9 Å². The third-order valence-electron chi connectivity index (χ3n) is 13.0. The summed E-state index contributed by atoms with van der Waals surface area (Å²) in [6, 6.07) is 16.7. The summed E-state index contributed by atoms with van der Waals surface area (Å²) in [7, 11) is -2.96. The highest BCUT2D eigenvalue weighted by atomic mass is 32.2. The minimum Gasteiger partial charge on any atom is -0.496 e. The van der Waals surface area contributed by atoms with E-state index in [1.165, 1.54) is 121 Å². The highest BCUT2D eigenvalue weighted by molar-refractivity contribution is 7.86. The van der Waals surface area contributed by atoms with Crippen molar-refractivity contribution in [1.82, 2.24) is 0 Å². The molecule has 6 rings (SSSR count). The molecule has 20 heteroatoms. The first-order valence-corrected chi connectivity index (χ1v) is 27.5. The van der Waals surface area contributed by atoms with Crippen molar-refractivity contribution in [1.29, 1.82) is 0 Å². The van der Waals surface area contributed by atoms with Crippen LogP contribution in [0.3, 0.4) is 0 Å². The lowest BCUT2D eigenvalue weighted by Crippen LogP contribution is -2.28. The average molecular weight is 1070 g/mol. The molecule has 0 aliphatic carbocycles. The van der Waals surface area contributed by atoms with Gasteiger partial charge < -0.3 is 28.4 Å². The van der Waals surface area contributed by atoms with Crippen molar-refractivity contribution in [3.63, 3.8) is 0 Å². The number of hydrazone groups is 2. The summed E-state index contributed by atoms with van der Waals surface area (Å²) in [5.41, 5.74) is 2.78. The number of methoxy groups -OCH3 is 4. The zero-order chi connectivity index (χ0) is 54.9. The molecular weight excluding hydrogens is 993 g/mol. The molecule has 1 unspecified atom stereocenters. The maximum absolute atomic E-state index is 13.5. The molecule has 74 heavy (non-hydrogen) atoms. The Hall–Kier alpha value is -6.48. The fraction of sp³-hybridized carbons (Fsp3) is 0.444. The Morgan fingerprint density at radius 3 is 1.31 bits per heavy atom. The van der Waals surface area contributed by atoms with E-state index in [9.17, 15) is 35.5 Å². The van der Waals surface area contributed by atoms with E-state index in [0.717, 1.165) is 16.8 Å². The third-order valence-corrected chi connectivity index (χ3v) is 14.7. The summed E-state index contributed by atoms with van der Waals surface area (Å²) in [4.78, 5) is 26.3. The molecule has 0 saturated heterocycles. The molecule has 2 amide bonds. The van der Waals surface area contributed by atoms with Gasteiger partial charge in [0.2, 0.25) is 0 Å². The molecule has 404 valence electrons. The molecule has 0 fully saturated rings. The van der Waals surface area contributed by atoms with Crippen molar-refractivity contribution < 1.29 is 64.0 Å². The Kier molecular flexibility index (Phi) is 22.5. The molecule has 0 radical (unpaired) electrons. The molecular formula is C54H72N4O14S2. The van der Waals surface area contributed by atoms with Gasteiger partial charge in [-0.05, 0) is 86.7 Å². The van der Waals surface area contributed by atoms with Crippen LogP contribution in [-0.4, -0.2) is 90.8 Å². The van der Waals surface area contributed by atoms with Gasteiger partial charge in [-0.1, -0.05) is 80.1 Å². The Morgan fingerprint density at radius 1 is 0.581 bits per heavy atom. The van der Waals surface area contributed by atoms with Gasteiger partial charge in [0.25, 0.3) is 32.1 Å². The molecule has 2 N–H and O–H groups in total. The lowest BCUT2D eigenvalue weighted by Gasteiger charge is -2.19. The zero-order valence-corrected chi connectivity index (χ0v) is 46.1. The Labute approximate surface area is 436 Å². The highest BCUT2D eigenvalue weighted by Gasteiger charge is 2.36. The molecule has 4 aromatic rings. The van der Waals surface area contributed by atoms with Crippen LogP contribution in [0.2, 0.25) is 0 Å². The van der Waals surface area contributed by atoms with E-state index in [4.69, 9.17) is 28.4 Å². The van der Waals surface area contributed by atoms with Crippen molar-refractivity contribution in [3.05, 3.63) is 89.5 Å². The first-order chi connectivity index (χ1) is 35.2. The van der Waals surface area contributed by atoms with Crippen LogP contribution in [0.25, 0.3) is 6.08 Å². The largest absolute Gasteiger partial charge is 0.496 e. The second-order valence-electron chi connectivity index (χ2n) is 17.4. The summed E-state index contributed by atoms with van der Waals surface area (Å²) < 4.78 is 99.0. The molecule has 2 aliphatic rings. The van der Waals surface area contributed by atoms with Crippen LogP contribution in [0.15, 0.2) is 98.4 Å². The quantitative estimate of drug-likeness (QED) is 0.0424. The van der Waals surface area contributed by atoms with Gasteiger partial charge in [-0.25, -0.2) is 5.01 Å². The summed E-state index contributed by atoms with van der Waals surface area (Å²) in [5, 5.41) is 11.0. The first kappa shape index (κ1) is 60.1. The SMILES string of the molecule is CCC(CC)CC.CCC(CC)CC.COc1cc(OCCOc2cc(OC)c(CC3C(=O)N(c4ccc(S(=O)(=O)O)cc4)N=C3C)c(OC)c2)cc(OC)c1C=C1C(=O)N(c2ccc(S(=O)(=O)O)cc2)N=C1C. The molecule has 0 bridgehead atoms. The summed E-state index contributed by atoms with van der Waals surface area (Å²) in [5.74, 6) is 2.71. The fourth-order valence-corrected chi connectivity index (χ4v) is 9.15. The Morgan fingerprint density at radius 2 is 0.959 bits per heavy atom. The fourth-order valence-electron chi connectivity index (χ4n) is 8.19. The van der Waals surface area contributed by atoms with E-state index in [0.29, 0.717) is 68.4 Å². The number of benzene rings is 4. The van der Waals surface area contributed by atoms with Gasteiger partial charge in [-0.3, -0.25) is 18.7 Å². The van der Waals surface area contributed by atoms with Gasteiger partial charge in [0, 0.05) is 35.5 Å². The molecule has 2 aliphatic heterocycles. The van der Waals surface area contributed by atoms with Gasteiger partial charge in [0.05, 0.1) is 72.4 Å². The van der Waals surface area contributed by atoms with Crippen LogP contribution in [0.1, 0.15) is 105 Å². The summed E-state index contributed by atoms with van der Waals surface area (Å²) in [6.07, 6.45) is 9.87. The van der Waals surface area contributed by atoms with Crippen molar-refractivity contribution in [3.8, 4) is 34.5 Å². The van der Waals surface area contributed by atoms with Gasteiger partial charge in [-0.15, -0.1) is 0 Å². The molecule has 0 saturated carbocycles. The van der Waals surface area contributed by atoms with Gasteiger partial charge in [-0.2, -0.15) is 32.0 Å². The van der Waals surface area contributed by atoms with Crippen LogP contribution in [-0.2, 0) is 36.2 Å². The van der Waals surface area contributed by atoms with Crippen LogP contribution in [0.4, 0.5) is 11.4 Å². The predicted octanol–water partition coefficient (Wildman–Crippen LogP) is 10.7. The Bertz CT molecular complexity index is 2790. The number of ether oxygens (including phenoxy) is 6. The Balaban J connectivity index is 0.000000743. The van der Waals surface area contributed by atoms with Crippen molar-refractivity contribution >= 4 is 60.9 Å². The van der Waals surface area contributed by atoms with Crippen LogP contribution in [0, 0.1) is 17.8 Å². The predicted molar refractivity (Wildman–Crippen MR) is 288 cm³/mol. The van der Waals surface area contributed by atoms with Crippen molar-refractivity contribution in [2.45, 2.75) is 110 Å². The minimum atomic E-state index is -4.41. The molecule has 2 heterocycles. The second kappa shape index (κ2) is 27.7. The van der Waals surface area contributed by atoms with Crippen molar-refractivity contribution in [2.24, 2.45) is 28.0 Å².